The maximum Gasteiger partial charge on any atom is 0.212 e. The maximum atomic E-state index is 2.24. The first-order valence-corrected chi connectivity index (χ1v) is 7.62. The molecule has 0 spiro atoms. The molecule has 1 heterocycles. The summed E-state index contributed by atoms with van der Waals surface area (Å²) in [5.41, 5.74) is 3.89. The minimum Gasteiger partial charge on any atom is -0.201 e. The van der Waals surface area contributed by atoms with E-state index < -0.39 is 0 Å². The second-order valence-electron chi connectivity index (χ2n) is 5.82. The molecule has 0 bridgehead atoms. The number of hydrogen-bond acceptors (Lipinski definition) is 0. The van der Waals surface area contributed by atoms with E-state index in [0.29, 0.717) is 0 Å². The summed E-state index contributed by atoms with van der Waals surface area (Å²) >= 11 is 0. The van der Waals surface area contributed by atoms with Crippen molar-refractivity contribution in [1.29, 1.82) is 0 Å². The van der Waals surface area contributed by atoms with Gasteiger partial charge in [0.15, 0.2) is 6.20 Å². The number of pyridine rings is 1. The van der Waals surface area contributed by atoms with Crippen molar-refractivity contribution >= 4 is 21.5 Å². The van der Waals surface area contributed by atoms with Gasteiger partial charge < -0.3 is 0 Å². The Morgan fingerprint density at radius 3 is 2.32 bits per heavy atom. The van der Waals surface area contributed by atoms with Crippen LogP contribution in [-0.2, 0) is 7.05 Å². The monoisotopic (exact) mass is 284 g/mol. The average molecular weight is 284 g/mol. The van der Waals surface area contributed by atoms with Gasteiger partial charge in [-0.2, -0.15) is 0 Å². The zero-order valence-corrected chi connectivity index (χ0v) is 12.9. The van der Waals surface area contributed by atoms with Crippen LogP contribution in [0.2, 0.25) is 0 Å². The van der Waals surface area contributed by atoms with E-state index in [1.165, 1.54) is 38.4 Å². The molecule has 0 fully saturated rings. The average Bonchev–Trinajstić information content (AvgIpc) is 2.56. The Morgan fingerprint density at radius 2 is 1.45 bits per heavy atom. The molecule has 3 aromatic carbocycles. The molecular weight excluding hydrogens is 266 g/mol. The lowest BCUT2D eigenvalue weighted by Gasteiger charge is -2.11. The first kappa shape index (κ1) is 13.0. The second-order valence-corrected chi connectivity index (χ2v) is 5.82. The van der Waals surface area contributed by atoms with Crippen molar-refractivity contribution in [3.05, 3.63) is 78.5 Å². The summed E-state index contributed by atoms with van der Waals surface area (Å²) in [5, 5.41) is 5.30. The molecule has 0 atom stereocenters. The van der Waals surface area contributed by atoms with Crippen molar-refractivity contribution in [3.8, 4) is 11.3 Å². The predicted octanol–water partition coefficient (Wildman–Crippen LogP) is 4.79. The Morgan fingerprint density at radius 1 is 0.727 bits per heavy atom. The van der Waals surface area contributed by atoms with Crippen LogP contribution in [0.5, 0.6) is 0 Å². The van der Waals surface area contributed by atoms with E-state index in [1.807, 2.05) is 0 Å². The normalized spacial score (nSPS) is 11.2. The lowest BCUT2D eigenvalue weighted by molar-refractivity contribution is -0.660. The number of benzene rings is 3. The van der Waals surface area contributed by atoms with Gasteiger partial charge in [-0.25, -0.2) is 4.57 Å². The molecule has 0 aliphatic carbocycles. The molecule has 1 nitrogen and oxygen atoms in total. The van der Waals surface area contributed by atoms with Gasteiger partial charge in [0.25, 0.3) is 0 Å². The SMILES string of the molecule is Cc1c(-c2cccc[n+]2C)ccc2ccc3ccccc3c12. The third kappa shape index (κ3) is 1.90. The molecule has 0 saturated heterocycles. The topological polar surface area (TPSA) is 3.88 Å². The molecule has 1 aromatic heterocycles. The summed E-state index contributed by atoms with van der Waals surface area (Å²) in [6, 6.07) is 23.9. The van der Waals surface area contributed by atoms with Crippen molar-refractivity contribution in [2.75, 3.05) is 0 Å². The van der Waals surface area contributed by atoms with Crippen molar-refractivity contribution in [2.45, 2.75) is 6.92 Å². The van der Waals surface area contributed by atoms with E-state index in [2.05, 4.69) is 91.5 Å². The van der Waals surface area contributed by atoms with Crippen molar-refractivity contribution in [1.82, 2.24) is 0 Å². The fourth-order valence-corrected chi connectivity index (χ4v) is 3.36. The molecule has 0 N–H and O–H groups in total. The number of hydrogen-bond donors (Lipinski definition) is 0. The minimum absolute atomic E-state index is 1.25. The Hall–Kier alpha value is -2.67. The molecular formula is C21H18N+. The van der Waals surface area contributed by atoms with Gasteiger partial charge in [0, 0.05) is 17.7 Å². The standard InChI is InChI=1S/C21H18N/c1-15-18(20-9-5-6-14-22(20)2)13-12-17-11-10-16-7-3-4-8-19(16)21(15)17/h3-14H,1-2H3/q+1. The molecule has 0 aliphatic heterocycles. The summed E-state index contributed by atoms with van der Waals surface area (Å²) in [6.45, 7) is 2.23. The third-order valence-corrected chi connectivity index (χ3v) is 4.50. The molecule has 0 radical (unpaired) electrons. The van der Waals surface area contributed by atoms with Crippen molar-refractivity contribution in [3.63, 3.8) is 0 Å². The number of fused-ring (bicyclic) bond motifs is 3. The van der Waals surface area contributed by atoms with Crippen LogP contribution >= 0.6 is 0 Å². The zero-order valence-electron chi connectivity index (χ0n) is 12.9. The lowest BCUT2D eigenvalue weighted by atomic mass is 9.93. The van der Waals surface area contributed by atoms with E-state index in [1.54, 1.807) is 0 Å². The molecule has 4 rings (SSSR count). The van der Waals surface area contributed by atoms with Crippen molar-refractivity contribution in [2.24, 2.45) is 7.05 Å². The Labute approximate surface area is 130 Å². The van der Waals surface area contributed by atoms with Crippen LogP contribution in [0.3, 0.4) is 0 Å². The van der Waals surface area contributed by atoms with Gasteiger partial charge in [0.05, 0.1) is 0 Å². The summed E-state index contributed by atoms with van der Waals surface area (Å²) in [7, 11) is 2.10. The van der Waals surface area contributed by atoms with Crippen LogP contribution in [0.4, 0.5) is 0 Å². The van der Waals surface area contributed by atoms with Gasteiger partial charge in [-0.3, -0.25) is 0 Å². The number of aromatic nitrogens is 1. The summed E-state index contributed by atoms with van der Waals surface area (Å²) in [4.78, 5) is 0. The molecule has 0 aliphatic rings. The van der Waals surface area contributed by atoms with Gasteiger partial charge in [0.1, 0.15) is 7.05 Å². The van der Waals surface area contributed by atoms with Gasteiger partial charge in [0.2, 0.25) is 5.69 Å². The Bertz CT molecular complexity index is 999. The maximum absolute atomic E-state index is 2.24. The third-order valence-electron chi connectivity index (χ3n) is 4.50. The predicted molar refractivity (Wildman–Crippen MR) is 92.8 cm³/mol. The molecule has 0 amide bonds. The fraction of sp³-hybridized carbons (Fsp3) is 0.0952. The number of rotatable bonds is 1. The van der Waals surface area contributed by atoms with Gasteiger partial charge in [-0.05, 0) is 46.2 Å². The largest absolute Gasteiger partial charge is 0.212 e. The Balaban J connectivity index is 2.13. The lowest BCUT2D eigenvalue weighted by Crippen LogP contribution is -2.30. The fourth-order valence-electron chi connectivity index (χ4n) is 3.36. The molecule has 22 heavy (non-hydrogen) atoms. The van der Waals surface area contributed by atoms with Crippen LogP contribution in [0.25, 0.3) is 32.8 Å². The quantitative estimate of drug-likeness (QED) is 0.349. The van der Waals surface area contributed by atoms with E-state index in [9.17, 15) is 0 Å². The van der Waals surface area contributed by atoms with Crippen LogP contribution < -0.4 is 4.57 Å². The van der Waals surface area contributed by atoms with Crippen LogP contribution in [0.15, 0.2) is 72.9 Å². The molecule has 106 valence electrons. The van der Waals surface area contributed by atoms with Gasteiger partial charge in [-0.15, -0.1) is 0 Å². The smallest absolute Gasteiger partial charge is 0.201 e. The van der Waals surface area contributed by atoms with Gasteiger partial charge in [-0.1, -0.05) is 42.5 Å². The molecule has 0 unspecified atom stereocenters. The summed E-state index contributed by atoms with van der Waals surface area (Å²) in [6.07, 6.45) is 2.10. The highest BCUT2D eigenvalue weighted by Gasteiger charge is 2.14. The van der Waals surface area contributed by atoms with Crippen LogP contribution in [-0.4, -0.2) is 0 Å². The Kier molecular flexibility index (Phi) is 2.93. The summed E-state index contributed by atoms with van der Waals surface area (Å²) in [5.74, 6) is 0. The van der Waals surface area contributed by atoms with Crippen LogP contribution in [0.1, 0.15) is 5.56 Å². The zero-order chi connectivity index (χ0) is 15.1. The molecule has 1 heteroatoms. The molecule has 0 saturated carbocycles. The highest BCUT2D eigenvalue weighted by atomic mass is 14.9. The number of nitrogens with zero attached hydrogens (tertiary/aromatic N) is 1. The van der Waals surface area contributed by atoms with Crippen molar-refractivity contribution < 1.29 is 4.57 Å². The summed E-state index contributed by atoms with van der Waals surface area (Å²) < 4.78 is 2.18. The first-order valence-electron chi connectivity index (χ1n) is 7.62. The molecule has 4 aromatic rings. The second kappa shape index (κ2) is 4.96. The van der Waals surface area contributed by atoms with Crippen LogP contribution in [0, 0.1) is 6.92 Å². The van der Waals surface area contributed by atoms with E-state index in [4.69, 9.17) is 0 Å². The highest BCUT2D eigenvalue weighted by molar-refractivity contribution is 6.10. The first-order chi connectivity index (χ1) is 10.8. The van der Waals surface area contributed by atoms with E-state index in [0.717, 1.165) is 0 Å². The van der Waals surface area contributed by atoms with E-state index in [-0.39, 0.29) is 0 Å². The van der Waals surface area contributed by atoms with Gasteiger partial charge >= 0.3 is 0 Å². The highest BCUT2D eigenvalue weighted by Crippen LogP contribution is 2.33. The number of aryl methyl sites for hydroxylation is 2. The van der Waals surface area contributed by atoms with E-state index >= 15 is 0 Å². The minimum atomic E-state index is 1.25.